The Balaban J connectivity index is 0.000000229. The summed E-state index contributed by atoms with van der Waals surface area (Å²) in [5.74, 6) is 0.887. The molecule has 0 aliphatic heterocycles. The second kappa shape index (κ2) is 12.8. The predicted molar refractivity (Wildman–Crippen MR) is 132 cm³/mol. The average Bonchev–Trinajstić information content (AvgIpc) is 3.08. The van der Waals surface area contributed by atoms with E-state index in [1.165, 1.54) is 11.9 Å². The molecule has 0 spiro atoms. The maximum absolute atomic E-state index is 5.60. The zero-order chi connectivity index (χ0) is 23.1. The van der Waals surface area contributed by atoms with Gasteiger partial charge < -0.3 is 15.1 Å². The van der Waals surface area contributed by atoms with Crippen LogP contribution in [0.3, 0.4) is 0 Å². The first-order valence-corrected chi connectivity index (χ1v) is 11.0. The Bertz CT molecular complexity index is 1100. The Morgan fingerprint density at radius 3 is 2.06 bits per heavy atom. The maximum atomic E-state index is 5.60. The standard InChI is InChI=1S/C14H11N2O.C13H20N2.Ir/c1-9-10(2)17-14-12(9)13(15-8-16-14)11-6-4-3-5-7-11;1-10(2)14-13(15-11(3)4)12-8-6-5-7-9-12;/h3-6,8H,1-2H3;5-11,13H,1-4H3;/q-1;-2;+3. The first-order valence-electron chi connectivity index (χ1n) is 11.0. The van der Waals surface area contributed by atoms with Gasteiger partial charge in [-0.3, -0.25) is 4.98 Å². The van der Waals surface area contributed by atoms with Crippen molar-refractivity contribution in [3.63, 3.8) is 0 Å². The first-order chi connectivity index (χ1) is 15.4. The normalized spacial score (nSPS) is 10.9. The van der Waals surface area contributed by atoms with Crippen LogP contribution in [0.25, 0.3) is 33.0 Å². The van der Waals surface area contributed by atoms with Gasteiger partial charge in [-0.15, -0.1) is 48.0 Å². The number of nitrogens with zero attached hydrogens (tertiary/aromatic N) is 4. The summed E-state index contributed by atoms with van der Waals surface area (Å²) in [5, 5.41) is 10.2. The maximum Gasteiger partial charge on any atom is 3.00 e. The van der Waals surface area contributed by atoms with E-state index in [1.807, 2.05) is 56.3 Å². The molecule has 2 heterocycles. The molecule has 0 fully saturated rings. The Hall–Kier alpha value is -2.37. The zero-order valence-electron chi connectivity index (χ0n) is 20.0. The molecule has 0 atom stereocenters. The van der Waals surface area contributed by atoms with Crippen molar-refractivity contribution in [2.45, 2.75) is 59.8 Å². The van der Waals surface area contributed by atoms with Crippen molar-refractivity contribution >= 4 is 11.1 Å². The molecule has 33 heavy (non-hydrogen) atoms. The van der Waals surface area contributed by atoms with Crippen molar-refractivity contribution < 1.29 is 24.5 Å². The van der Waals surface area contributed by atoms with Crippen LogP contribution >= 0.6 is 0 Å². The van der Waals surface area contributed by atoms with Gasteiger partial charge in [0.25, 0.3) is 0 Å². The van der Waals surface area contributed by atoms with Crippen LogP contribution in [0.1, 0.15) is 50.7 Å². The molecule has 2 aromatic heterocycles. The van der Waals surface area contributed by atoms with Gasteiger partial charge in [-0.25, -0.2) is 11.1 Å². The third-order valence-electron chi connectivity index (χ3n) is 4.91. The van der Waals surface area contributed by atoms with Crippen molar-refractivity contribution in [3.8, 4) is 11.3 Å². The van der Waals surface area contributed by atoms with Gasteiger partial charge in [0.15, 0.2) is 0 Å². The molecule has 0 saturated carbocycles. The molecule has 5 nitrogen and oxygen atoms in total. The number of fused-ring (bicyclic) bond motifs is 1. The minimum absolute atomic E-state index is 0. The van der Waals surface area contributed by atoms with Gasteiger partial charge >= 0.3 is 20.1 Å². The summed E-state index contributed by atoms with van der Waals surface area (Å²) < 4.78 is 5.60. The fraction of sp³-hybridized carbons (Fsp3) is 0.333. The van der Waals surface area contributed by atoms with Gasteiger partial charge in [-0.2, -0.15) is 0 Å². The molecule has 0 radical (unpaired) electrons. The van der Waals surface area contributed by atoms with Crippen molar-refractivity contribution in [3.05, 3.63) is 94.5 Å². The molecule has 174 valence electrons. The van der Waals surface area contributed by atoms with Gasteiger partial charge in [0.05, 0.1) is 0 Å². The SMILES string of the molecule is CC(C)[N-]C([N-]C(C)C)c1ccccc1.Cc1oc2ncnc(-c3[c-]cccc3)c2c1C.[Ir+3]. The minimum atomic E-state index is -0.00815. The van der Waals surface area contributed by atoms with Crippen LogP contribution in [0.5, 0.6) is 0 Å². The van der Waals surface area contributed by atoms with E-state index >= 15 is 0 Å². The summed E-state index contributed by atoms with van der Waals surface area (Å²) in [6.45, 7) is 12.3. The molecule has 0 saturated heterocycles. The quantitative estimate of drug-likeness (QED) is 0.209. The van der Waals surface area contributed by atoms with E-state index in [0.29, 0.717) is 17.8 Å². The van der Waals surface area contributed by atoms with E-state index in [9.17, 15) is 0 Å². The summed E-state index contributed by atoms with van der Waals surface area (Å²) in [6, 6.07) is 21.9. The Kier molecular flexibility index (Phi) is 10.4. The van der Waals surface area contributed by atoms with Crippen LogP contribution in [0.2, 0.25) is 0 Å². The summed E-state index contributed by atoms with van der Waals surface area (Å²) in [4.78, 5) is 8.51. The van der Waals surface area contributed by atoms with Gasteiger partial charge in [-0.1, -0.05) is 63.6 Å². The third-order valence-corrected chi connectivity index (χ3v) is 4.91. The molecule has 6 heteroatoms. The van der Waals surface area contributed by atoms with E-state index in [0.717, 1.165) is 28.0 Å². The topological polar surface area (TPSA) is 67.1 Å². The van der Waals surface area contributed by atoms with Gasteiger partial charge in [0.2, 0.25) is 5.71 Å². The molecule has 0 bridgehead atoms. The molecular formula is C27H31IrN4O. The Labute approximate surface area is 210 Å². The van der Waals surface area contributed by atoms with E-state index in [2.05, 4.69) is 66.5 Å². The number of hydrogen-bond acceptors (Lipinski definition) is 3. The number of aryl methyl sites for hydroxylation is 2. The number of rotatable bonds is 6. The van der Waals surface area contributed by atoms with Crippen LogP contribution in [-0.2, 0) is 20.1 Å². The second-order valence-corrected chi connectivity index (χ2v) is 8.23. The molecule has 0 unspecified atom stereocenters. The van der Waals surface area contributed by atoms with Crippen molar-refractivity contribution in [1.29, 1.82) is 0 Å². The molecule has 0 amide bonds. The first kappa shape index (κ1) is 26.9. The smallest absolute Gasteiger partial charge is 0.672 e. The van der Waals surface area contributed by atoms with Gasteiger partial charge in [0.1, 0.15) is 12.1 Å². The minimum Gasteiger partial charge on any atom is -0.672 e. The predicted octanol–water partition coefficient (Wildman–Crippen LogP) is 7.55. The van der Waals surface area contributed by atoms with E-state index in [4.69, 9.17) is 4.42 Å². The van der Waals surface area contributed by atoms with Crippen molar-refractivity contribution in [2.24, 2.45) is 0 Å². The molecular weight excluding hydrogens is 589 g/mol. The van der Waals surface area contributed by atoms with Crippen molar-refractivity contribution in [1.82, 2.24) is 9.97 Å². The second-order valence-electron chi connectivity index (χ2n) is 8.23. The zero-order valence-corrected chi connectivity index (χ0v) is 22.4. The summed E-state index contributed by atoms with van der Waals surface area (Å²) in [5.41, 5.74) is 4.75. The monoisotopic (exact) mass is 620 g/mol. The average molecular weight is 620 g/mol. The van der Waals surface area contributed by atoms with Gasteiger partial charge in [0, 0.05) is 11.1 Å². The number of furan rings is 1. The summed E-state index contributed by atoms with van der Waals surface area (Å²) >= 11 is 0. The molecule has 2 aromatic carbocycles. The van der Waals surface area contributed by atoms with Crippen LogP contribution in [0.15, 0.2) is 65.3 Å². The van der Waals surface area contributed by atoms with Crippen molar-refractivity contribution in [2.75, 3.05) is 0 Å². The van der Waals surface area contributed by atoms with Crippen LogP contribution in [-0.4, -0.2) is 22.1 Å². The molecule has 0 N–H and O–H groups in total. The van der Waals surface area contributed by atoms with Gasteiger partial charge in [-0.05, 0) is 19.4 Å². The molecule has 0 aliphatic rings. The largest absolute Gasteiger partial charge is 3.00 e. The number of benzene rings is 2. The Morgan fingerprint density at radius 2 is 1.48 bits per heavy atom. The van der Waals surface area contributed by atoms with Crippen LogP contribution < -0.4 is 0 Å². The Morgan fingerprint density at radius 1 is 0.848 bits per heavy atom. The van der Waals surface area contributed by atoms with Crippen LogP contribution in [0, 0.1) is 19.9 Å². The summed E-state index contributed by atoms with van der Waals surface area (Å²) in [7, 11) is 0. The molecule has 0 aliphatic carbocycles. The number of aromatic nitrogens is 2. The van der Waals surface area contributed by atoms with Crippen LogP contribution in [0.4, 0.5) is 0 Å². The van der Waals surface area contributed by atoms with E-state index < -0.39 is 0 Å². The summed E-state index contributed by atoms with van der Waals surface area (Å²) in [6.07, 6.45) is 1.52. The fourth-order valence-corrected chi connectivity index (χ4v) is 3.33. The van der Waals surface area contributed by atoms with E-state index in [-0.39, 0.29) is 26.3 Å². The molecule has 4 rings (SSSR count). The third kappa shape index (κ3) is 7.31. The fourth-order valence-electron chi connectivity index (χ4n) is 3.33. The van der Waals surface area contributed by atoms with E-state index in [1.54, 1.807) is 0 Å². The molecule has 4 aromatic rings. The number of hydrogen-bond donors (Lipinski definition) is 0.